The molecule has 7 aromatic rings. The van der Waals surface area contributed by atoms with Crippen molar-refractivity contribution < 1.29 is 35.3 Å². The molecule has 0 spiro atoms. The molecule has 0 N–H and O–H groups in total. The van der Waals surface area contributed by atoms with E-state index in [-0.39, 0.29) is 21.1 Å². The monoisotopic (exact) mass is 801 g/mol. The Kier molecular flexibility index (Phi) is 9.19. The fourth-order valence-corrected chi connectivity index (χ4v) is 6.21. The van der Waals surface area contributed by atoms with Crippen molar-refractivity contribution in [1.82, 2.24) is 19.3 Å². The van der Waals surface area contributed by atoms with Gasteiger partial charge in [0.05, 0.1) is 25.5 Å². The van der Waals surface area contributed by atoms with Gasteiger partial charge in [0.1, 0.15) is 17.3 Å². The van der Waals surface area contributed by atoms with Crippen LogP contribution in [0.4, 0.5) is 0 Å². The van der Waals surface area contributed by atoms with Gasteiger partial charge in [0, 0.05) is 34.5 Å². The topological polar surface area (TPSA) is 63.3 Å². The second-order valence-corrected chi connectivity index (χ2v) is 11.1. The molecule has 8 heteroatoms. The normalized spacial score (nSPS) is 11.1. The Morgan fingerprint density at radius 3 is 2.21 bits per heavy atom. The second-order valence-electron chi connectivity index (χ2n) is 11.1. The quantitative estimate of drug-likeness (QED) is 0.137. The van der Waals surface area contributed by atoms with Crippen LogP contribution in [0, 0.1) is 19.1 Å². The predicted molar refractivity (Wildman–Crippen MR) is 182 cm³/mol. The third kappa shape index (κ3) is 5.70. The molecule has 0 atom stereocenters. The molecule has 0 aliphatic heterocycles. The van der Waals surface area contributed by atoms with E-state index in [9.17, 15) is 0 Å². The van der Waals surface area contributed by atoms with Gasteiger partial charge in [0.2, 0.25) is 0 Å². The fraction of sp³-hybridized carbons (Fsp3) is 0.179. The van der Waals surface area contributed by atoms with Gasteiger partial charge in [0.15, 0.2) is 0 Å². The number of nitrogens with zero attached hydrogens (tertiary/aromatic N) is 4. The molecule has 4 aromatic carbocycles. The van der Waals surface area contributed by atoms with Crippen LogP contribution < -0.4 is 14.2 Å². The summed E-state index contributed by atoms with van der Waals surface area (Å²) in [5.41, 5.74) is 7.80. The third-order valence-corrected chi connectivity index (χ3v) is 8.29. The number of para-hydroxylation sites is 1. The minimum atomic E-state index is 0. The summed E-state index contributed by atoms with van der Waals surface area (Å²) < 4.78 is 22.1. The molecule has 0 aliphatic carbocycles. The molecule has 7 rings (SSSR count). The molecular formula is C39H34N4O3Pt. The zero-order valence-corrected chi connectivity index (χ0v) is 29.2. The number of fused-ring (bicyclic) bond motifs is 3. The minimum absolute atomic E-state index is 0. The van der Waals surface area contributed by atoms with Crippen LogP contribution in [0.1, 0.15) is 30.8 Å². The number of rotatable bonds is 9. The molecule has 0 amide bonds. The molecule has 0 radical (unpaired) electrons. The van der Waals surface area contributed by atoms with Crippen LogP contribution in [0.3, 0.4) is 0 Å². The summed E-state index contributed by atoms with van der Waals surface area (Å²) in [6, 6.07) is 35.2. The van der Waals surface area contributed by atoms with E-state index in [1.807, 2.05) is 65.5 Å². The van der Waals surface area contributed by atoms with Gasteiger partial charge in [-0.05, 0) is 66.7 Å². The van der Waals surface area contributed by atoms with Crippen LogP contribution in [0.15, 0.2) is 91.1 Å². The van der Waals surface area contributed by atoms with Gasteiger partial charge in [-0.15, -0.1) is 35.7 Å². The number of pyridine rings is 1. The summed E-state index contributed by atoms with van der Waals surface area (Å²) >= 11 is 0. The van der Waals surface area contributed by atoms with Gasteiger partial charge in [-0.2, -0.15) is 17.2 Å². The summed E-state index contributed by atoms with van der Waals surface area (Å²) in [6.07, 6.45) is 3.32. The molecule has 0 saturated carbocycles. The van der Waals surface area contributed by atoms with Crippen LogP contribution in [0.25, 0.3) is 44.4 Å². The van der Waals surface area contributed by atoms with E-state index in [1.54, 1.807) is 14.2 Å². The van der Waals surface area contributed by atoms with Crippen LogP contribution in [-0.2, 0) is 33.9 Å². The Labute approximate surface area is 289 Å². The van der Waals surface area contributed by atoms with E-state index in [2.05, 4.69) is 72.8 Å². The Hall–Kier alpha value is -4.87. The smallest absolute Gasteiger partial charge is 0.509 e. The SMILES string of the molecule is CCc1nn(-c2[c-]c(Oc3[c-]c4c(cc3)c3ccccc3n4-c3cc(C)ccn3)ccc2)c(CC)c1-c1c(OC)cccc1OC.[Pt+2]. The Balaban J connectivity index is 0.00000386. The Morgan fingerprint density at radius 1 is 0.745 bits per heavy atom. The fourth-order valence-electron chi connectivity index (χ4n) is 6.21. The van der Waals surface area contributed by atoms with Crippen molar-refractivity contribution in [1.29, 1.82) is 0 Å². The molecule has 3 aromatic heterocycles. The zero-order chi connectivity index (χ0) is 31.8. The van der Waals surface area contributed by atoms with Crippen molar-refractivity contribution in [3.8, 4) is 45.6 Å². The van der Waals surface area contributed by atoms with Gasteiger partial charge in [-0.3, -0.25) is 4.68 Å². The van der Waals surface area contributed by atoms with Crippen LogP contribution >= 0.6 is 0 Å². The average molecular weight is 802 g/mol. The first kappa shape index (κ1) is 32.1. The first-order valence-corrected chi connectivity index (χ1v) is 15.5. The molecule has 0 fully saturated rings. The maximum absolute atomic E-state index is 6.43. The third-order valence-electron chi connectivity index (χ3n) is 8.29. The molecular weight excluding hydrogens is 768 g/mol. The van der Waals surface area contributed by atoms with Crippen molar-refractivity contribution >= 4 is 21.8 Å². The van der Waals surface area contributed by atoms with E-state index in [0.29, 0.717) is 11.5 Å². The van der Waals surface area contributed by atoms with Gasteiger partial charge >= 0.3 is 21.1 Å². The molecule has 7 nitrogen and oxygen atoms in total. The first-order valence-electron chi connectivity index (χ1n) is 15.5. The number of benzene rings is 4. The molecule has 0 bridgehead atoms. The van der Waals surface area contributed by atoms with Crippen molar-refractivity contribution in [3.63, 3.8) is 0 Å². The first-order chi connectivity index (χ1) is 22.5. The van der Waals surface area contributed by atoms with Gasteiger partial charge in [-0.1, -0.05) is 43.6 Å². The van der Waals surface area contributed by atoms with Crippen molar-refractivity contribution in [2.75, 3.05) is 14.2 Å². The van der Waals surface area contributed by atoms with Crippen molar-refractivity contribution in [3.05, 3.63) is 120 Å². The molecule has 0 aliphatic rings. The number of ether oxygens (including phenoxy) is 3. The Bertz CT molecular complexity index is 2200. The van der Waals surface area contributed by atoms with E-state index in [1.165, 1.54) is 0 Å². The van der Waals surface area contributed by atoms with Gasteiger partial charge in [-0.25, -0.2) is 4.98 Å². The van der Waals surface area contributed by atoms with Crippen LogP contribution in [-0.4, -0.2) is 33.6 Å². The van der Waals surface area contributed by atoms with E-state index >= 15 is 0 Å². The van der Waals surface area contributed by atoms with Gasteiger partial charge in [0.25, 0.3) is 0 Å². The second kappa shape index (κ2) is 13.5. The Morgan fingerprint density at radius 2 is 1.49 bits per heavy atom. The summed E-state index contributed by atoms with van der Waals surface area (Å²) in [5.74, 6) is 3.48. The van der Waals surface area contributed by atoms with Gasteiger partial charge < -0.3 is 18.8 Å². The molecule has 0 saturated heterocycles. The van der Waals surface area contributed by atoms with E-state index < -0.39 is 0 Å². The van der Waals surface area contributed by atoms with E-state index in [4.69, 9.17) is 19.3 Å². The largest absolute Gasteiger partial charge is 2.00 e. The zero-order valence-electron chi connectivity index (χ0n) is 26.9. The van der Waals surface area contributed by atoms with E-state index in [0.717, 1.165) is 85.7 Å². The molecule has 3 heterocycles. The summed E-state index contributed by atoms with van der Waals surface area (Å²) in [6.45, 7) is 6.31. The number of methoxy groups -OCH3 is 2. The average Bonchev–Trinajstić information content (AvgIpc) is 3.63. The minimum Gasteiger partial charge on any atom is -0.509 e. The number of aromatic nitrogens is 4. The number of hydrogen-bond acceptors (Lipinski definition) is 5. The van der Waals surface area contributed by atoms with Crippen molar-refractivity contribution in [2.24, 2.45) is 0 Å². The van der Waals surface area contributed by atoms with Crippen LogP contribution in [0.2, 0.25) is 0 Å². The van der Waals surface area contributed by atoms with Crippen molar-refractivity contribution in [2.45, 2.75) is 33.6 Å². The number of hydrogen-bond donors (Lipinski definition) is 0. The molecule has 47 heavy (non-hydrogen) atoms. The maximum atomic E-state index is 6.43. The summed E-state index contributed by atoms with van der Waals surface area (Å²) in [4.78, 5) is 4.69. The standard InChI is InChI=1S/C39H34N4O3.Pt/c1-6-31-38(39-35(44-4)16-11-17-36(39)45-5)32(7-2)43(41-31)26-12-10-13-27(23-26)46-28-18-19-30-29-14-8-9-15-33(29)42(34(30)24-28)37-22-25(3)20-21-40-37;/h8-22H,6-7H2,1-5H3;/q-2;+2. The summed E-state index contributed by atoms with van der Waals surface area (Å²) in [5, 5.41) is 7.28. The molecule has 0 unspecified atom stereocenters. The molecule has 238 valence electrons. The maximum Gasteiger partial charge on any atom is 2.00 e. The predicted octanol–water partition coefficient (Wildman–Crippen LogP) is 8.87. The number of aryl methyl sites for hydroxylation is 2. The summed E-state index contributed by atoms with van der Waals surface area (Å²) in [7, 11) is 3.36. The van der Waals surface area contributed by atoms with Crippen LogP contribution in [0.5, 0.6) is 23.0 Å².